The largest absolute Gasteiger partial charge is 0.460 e. The molecule has 0 radical (unpaired) electrons. The first kappa shape index (κ1) is 18.7. The quantitative estimate of drug-likeness (QED) is 0.635. The van der Waals surface area contributed by atoms with E-state index in [0.29, 0.717) is 22.2 Å². The van der Waals surface area contributed by atoms with Crippen molar-refractivity contribution in [3.8, 4) is 11.5 Å². The normalized spacial score (nSPS) is 11.3. The summed E-state index contributed by atoms with van der Waals surface area (Å²) in [6.07, 6.45) is 4.69. The van der Waals surface area contributed by atoms with E-state index in [4.69, 9.17) is 20.9 Å². The van der Waals surface area contributed by atoms with Crippen LogP contribution in [0.25, 0.3) is 11.5 Å². The predicted octanol–water partition coefficient (Wildman–Crippen LogP) is 3.10. The number of nitrogens with zero attached hydrogens (tertiary/aromatic N) is 5. The summed E-state index contributed by atoms with van der Waals surface area (Å²) < 4.78 is 9.88. The highest BCUT2D eigenvalue weighted by molar-refractivity contribution is 6.31. The van der Waals surface area contributed by atoms with Crippen LogP contribution in [0, 0.1) is 0 Å². The highest BCUT2D eigenvalue weighted by Crippen LogP contribution is 2.28. The van der Waals surface area contributed by atoms with Gasteiger partial charge in [-0.05, 0) is 38.1 Å². The van der Waals surface area contributed by atoms with Crippen LogP contribution < -0.4 is 5.32 Å². The van der Waals surface area contributed by atoms with Crippen molar-refractivity contribution in [1.82, 2.24) is 25.1 Å². The molecule has 0 fully saturated rings. The van der Waals surface area contributed by atoms with Gasteiger partial charge >= 0.3 is 5.97 Å². The molecule has 3 heterocycles. The van der Waals surface area contributed by atoms with Crippen LogP contribution in [0.15, 0.2) is 35.2 Å². The van der Waals surface area contributed by atoms with Crippen molar-refractivity contribution < 1.29 is 14.1 Å². The summed E-state index contributed by atoms with van der Waals surface area (Å²) in [5.41, 5.74) is 0.550. The van der Waals surface area contributed by atoms with Gasteiger partial charge in [0, 0.05) is 18.6 Å². The van der Waals surface area contributed by atoms with E-state index in [1.165, 1.54) is 12.4 Å². The molecule has 0 spiro atoms. The molecule has 0 unspecified atom stereocenters. The van der Waals surface area contributed by atoms with Crippen LogP contribution in [0.1, 0.15) is 37.1 Å². The van der Waals surface area contributed by atoms with E-state index in [1.807, 2.05) is 13.8 Å². The Kier molecular flexibility index (Phi) is 5.31. The molecular formula is C17H17ClN6O3. The molecule has 0 aliphatic heterocycles. The molecule has 0 saturated heterocycles. The third-order valence-electron chi connectivity index (χ3n) is 3.56. The Balaban J connectivity index is 1.76. The second-order valence-corrected chi connectivity index (χ2v) is 6.43. The van der Waals surface area contributed by atoms with E-state index in [-0.39, 0.29) is 18.3 Å². The van der Waals surface area contributed by atoms with Crippen molar-refractivity contribution in [3.63, 3.8) is 0 Å². The number of hydrogen-bond acceptors (Lipinski definition) is 9. The van der Waals surface area contributed by atoms with Crippen LogP contribution in [0.4, 0.5) is 5.95 Å². The van der Waals surface area contributed by atoms with E-state index in [0.717, 1.165) is 0 Å². The number of aromatic nitrogens is 5. The van der Waals surface area contributed by atoms with Crippen LogP contribution >= 0.6 is 11.6 Å². The number of carbonyl (C=O) groups is 1. The van der Waals surface area contributed by atoms with Crippen LogP contribution in [0.5, 0.6) is 0 Å². The van der Waals surface area contributed by atoms with Crippen LogP contribution in [-0.2, 0) is 10.3 Å². The molecule has 1 N–H and O–H groups in total. The van der Waals surface area contributed by atoms with Gasteiger partial charge < -0.3 is 14.6 Å². The topological polar surface area (TPSA) is 116 Å². The van der Waals surface area contributed by atoms with Gasteiger partial charge in [-0.2, -0.15) is 4.98 Å². The minimum atomic E-state index is -0.652. The number of ether oxygens (including phenoxy) is 1. The summed E-state index contributed by atoms with van der Waals surface area (Å²) in [6, 6.07) is 3.54. The van der Waals surface area contributed by atoms with E-state index in [1.54, 1.807) is 25.3 Å². The molecule has 0 aliphatic carbocycles. The third-order valence-corrected chi connectivity index (χ3v) is 3.86. The monoisotopic (exact) mass is 388 g/mol. The molecule has 27 heavy (non-hydrogen) atoms. The maximum absolute atomic E-state index is 11.6. The first-order chi connectivity index (χ1) is 12.9. The summed E-state index contributed by atoms with van der Waals surface area (Å²) in [4.78, 5) is 28.4. The molecule has 0 amide bonds. The molecule has 140 valence electrons. The van der Waals surface area contributed by atoms with Gasteiger partial charge in [-0.3, -0.25) is 4.98 Å². The smallest absolute Gasteiger partial charge is 0.379 e. The zero-order valence-corrected chi connectivity index (χ0v) is 15.7. The Bertz CT molecular complexity index is 942. The average molecular weight is 389 g/mol. The second kappa shape index (κ2) is 7.67. The molecular weight excluding hydrogens is 372 g/mol. The van der Waals surface area contributed by atoms with Gasteiger partial charge in [0.2, 0.25) is 5.95 Å². The van der Waals surface area contributed by atoms with Crippen LogP contribution in [0.3, 0.4) is 0 Å². The van der Waals surface area contributed by atoms with Gasteiger partial charge in [0.05, 0.1) is 28.4 Å². The number of anilines is 1. The standard InChI is InChI=1S/C17H17ClN6O3/c1-4-26-15(25)13-22-14(27-24-13)10-8-20-16(21-9-10)23-17(2,3)12-11(18)6-5-7-19-12/h5-9H,4H2,1-3H3,(H,20,21,23). The van der Waals surface area contributed by atoms with Gasteiger partial charge in [-0.1, -0.05) is 11.6 Å². The number of carbonyl (C=O) groups excluding carboxylic acids is 1. The highest BCUT2D eigenvalue weighted by atomic mass is 35.5. The molecule has 3 rings (SSSR count). The lowest BCUT2D eigenvalue weighted by atomic mass is 10.00. The number of nitrogens with one attached hydrogen (secondary N) is 1. The zero-order chi connectivity index (χ0) is 19.4. The average Bonchev–Trinajstić information content (AvgIpc) is 3.13. The van der Waals surface area contributed by atoms with Crippen LogP contribution in [-0.4, -0.2) is 37.7 Å². The number of hydrogen-bond donors (Lipinski definition) is 1. The Hall–Kier alpha value is -3.07. The fraction of sp³-hybridized carbons (Fsp3) is 0.294. The molecule has 3 aromatic heterocycles. The Morgan fingerprint density at radius 1 is 1.30 bits per heavy atom. The van der Waals surface area contributed by atoms with E-state index in [2.05, 4.69) is 30.4 Å². The lowest BCUT2D eigenvalue weighted by molar-refractivity contribution is 0.0508. The fourth-order valence-electron chi connectivity index (χ4n) is 2.31. The van der Waals surface area contributed by atoms with Crippen molar-refractivity contribution in [3.05, 3.63) is 47.3 Å². The van der Waals surface area contributed by atoms with Gasteiger partial charge in [0.25, 0.3) is 11.7 Å². The first-order valence-corrected chi connectivity index (χ1v) is 8.51. The van der Waals surface area contributed by atoms with Gasteiger partial charge in [-0.25, -0.2) is 14.8 Å². The lowest BCUT2D eigenvalue weighted by Gasteiger charge is -2.26. The highest BCUT2D eigenvalue weighted by Gasteiger charge is 2.25. The molecule has 9 nitrogen and oxygen atoms in total. The number of rotatable bonds is 6. The minimum absolute atomic E-state index is 0.122. The van der Waals surface area contributed by atoms with Gasteiger partial charge in [-0.15, -0.1) is 0 Å². The predicted molar refractivity (Wildman–Crippen MR) is 97.2 cm³/mol. The molecule has 0 aliphatic rings. The second-order valence-electron chi connectivity index (χ2n) is 6.02. The van der Waals surface area contributed by atoms with Crippen molar-refractivity contribution in [2.75, 3.05) is 11.9 Å². The lowest BCUT2D eigenvalue weighted by Crippen LogP contribution is -2.30. The number of pyridine rings is 1. The minimum Gasteiger partial charge on any atom is -0.460 e. The summed E-state index contributed by atoms with van der Waals surface area (Å²) in [5.74, 6) is -0.312. The van der Waals surface area contributed by atoms with E-state index in [9.17, 15) is 4.79 Å². The maximum atomic E-state index is 11.6. The summed E-state index contributed by atoms with van der Waals surface area (Å²) in [5, 5.41) is 7.32. The Morgan fingerprint density at radius 2 is 2.04 bits per heavy atom. The summed E-state index contributed by atoms with van der Waals surface area (Å²) in [6.45, 7) is 5.75. The number of esters is 1. The van der Waals surface area contributed by atoms with E-state index < -0.39 is 11.5 Å². The molecule has 0 atom stereocenters. The molecule has 0 saturated carbocycles. The van der Waals surface area contributed by atoms with Crippen molar-refractivity contribution in [1.29, 1.82) is 0 Å². The number of halogens is 1. The third kappa shape index (κ3) is 4.20. The first-order valence-electron chi connectivity index (χ1n) is 8.13. The molecule has 3 aromatic rings. The van der Waals surface area contributed by atoms with E-state index >= 15 is 0 Å². The maximum Gasteiger partial charge on any atom is 0.379 e. The van der Waals surface area contributed by atoms with Crippen molar-refractivity contribution in [2.24, 2.45) is 0 Å². The van der Waals surface area contributed by atoms with Crippen molar-refractivity contribution >= 4 is 23.5 Å². The SMILES string of the molecule is CCOC(=O)c1noc(-c2cnc(NC(C)(C)c3ncccc3Cl)nc2)n1. The molecule has 0 aromatic carbocycles. The fourth-order valence-corrected chi connectivity index (χ4v) is 2.66. The Labute approximate surface area is 160 Å². The van der Waals surface area contributed by atoms with Gasteiger partial charge in [0.1, 0.15) is 0 Å². The van der Waals surface area contributed by atoms with Crippen molar-refractivity contribution in [2.45, 2.75) is 26.3 Å². The summed E-state index contributed by atoms with van der Waals surface area (Å²) in [7, 11) is 0. The summed E-state index contributed by atoms with van der Waals surface area (Å²) >= 11 is 6.22. The van der Waals surface area contributed by atoms with Gasteiger partial charge in [0.15, 0.2) is 0 Å². The molecule has 10 heteroatoms. The Morgan fingerprint density at radius 3 is 2.70 bits per heavy atom. The molecule has 0 bridgehead atoms. The zero-order valence-electron chi connectivity index (χ0n) is 14.9. The van der Waals surface area contributed by atoms with Crippen LogP contribution in [0.2, 0.25) is 5.02 Å².